The normalized spacial score (nSPS) is 12.5. The summed E-state index contributed by atoms with van der Waals surface area (Å²) in [7, 11) is 0. The van der Waals surface area contributed by atoms with Crippen molar-refractivity contribution in [2.45, 2.75) is 19.3 Å². The van der Waals surface area contributed by atoms with Crippen LogP contribution in [0.3, 0.4) is 0 Å². The lowest BCUT2D eigenvalue weighted by atomic mass is 10.1. The van der Waals surface area contributed by atoms with Crippen LogP contribution in [-0.4, -0.2) is 25.1 Å². The Kier molecular flexibility index (Phi) is 4.70. The number of carbonyl (C=O) groups is 1. The van der Waals surface area contributed by atoms with E-state index < -0.39 is 0 Å². The summed E-state index contributed by atoms with van der Waals surface area (Å²) in [6.07, 6.45) is 1.97. The number of alkyl halides is 1. The minimum Gasteiger partial charge on any atom is -0.454 e. The summed E-state index contributed by atoms with van der Waals surface area (Å²) >= 11 is 5.54. The first-order valence-corrected chi connectivity index (χ1v) is 6.54. The van der Waals surface area contributed by atoms with Gasteiger partial charge in [-0.1, -0.05) is 6.07 Å². The highest BCUT2D eigenvalue weighted by Crippen LogP contribution is 2.32. The molecule has 5 heteroatoms. The number of hydrogen-bond acceptors (Lipinski definition) is 3. The average Bonchev–Trinajstić information content (AvgIpc) is 2.84. The fourth-order valence-corrected chi connectivity index (χ4v) is 1.87. The second-order valence-corrected chi connectivity index (χ2v) is 4.46. The summed E-state index contributed by atoms with van der Waals surface area (Å²) in [5.74, 6) is 2.15. The van der Waals surface area contributed by atoms with E-state index in [1.165, 1.54) is 0 Å². The second kappa shape index (κ2) is 6.50. The SMILES string of the molecule is O=C(CCc1ccc2c(c1)OCO2)NCCCCl. The third kappa shape index (κ3) is 3.53. The third-order valence-corrected chi connectivity index (χ3v) is 2.98. The van der Waals surface area contributed by atoms with Crippen molar-refractivity contribution in [3.8, 4) is 11.5 Å². The standard InChI is InChI=1S/C13H16ClNO3/c14-6-1-7-15-13(16)5-3-10-2-4-11-12(8-10)18-9-17-11/h2,4,8H,1,3,5-7,9H2,(H,15,16). The van der Waals surface area contributed by atoms with Gasteiger partial charge in [-0.25, -0.2) is 0 Å². The van der Waals surface area contributed by atoms with Crippen LogP contribution in [0.4, 0.5) is 0 Å². The first-order valence-electron chi connectivity index (χ1n) is 6.01. The molecule has 0 bridgehead atoms. The van der Waals surface area contributed by atoms with Crippen LogP contribution in [0.2, 0.25) is 0 Å². The van der Waals surface area contributed by atoms with Crippen molar-refractivity contribution in [2.75, 3.05) is 19.2 Å². The van der Waals surface area contributed by atoms with Gasteiger partial charge in [0.2, 0.25) is 12.7 Å². The molecular formula is C13H16ClNO3. The van der Waals surface area contributed by atoms with Crippen LogP contribution >= 0.6 is 11.6 Å². The third-order valence-electron chi connectivity index (χ3n) is 2.71. The van der Waals surface area contributed by atoms with Crippen LogP contribution in [-0.2, 0) is 11.2 Å². The fraction of sp³-hybridized carbons (Fsp3) is 0.462. The smallest absolute Gasteiger partial charge is 0.231 e. The monoisotopic (exact) mass is 269 g/mol. The number of aryl methyl sites for hydroxylation is 1. The van der Waals surface area contributed by atoms with Gasteiger partial charge in [-0.2, -0.15) is 0 Å². The van der Waals surface area contributed by atoms with E-state index in [1.807, 2.05) is 18.2 Å². The Morgan fingerprint density at radius 3 is 3.00 bits per heavy atom. The topological polar surface area (TPSA) is 47.6 Å². The van der Waals surface area contributed by atoms with E-state index in [0.29, 0.717) is 25.3 Å². The zero-order valence-corrected chi connectivity index (χ0v) is 10.8. The molecule has 0 saturated carbocycles. The number of benzene rings is 1. The van der Waals surface area contributed by atoms with E-state index in [0.717, 1.165) is 23.5 Å². The fourth-order valence-electron chi connectivity index (χ4n) is 1.74. The number of halogens is 1. The molecule has 0 unspecified atom stereocenters. The Hall–Kier alpha value is -1.42. The van der Waals surface area contributed by atoms with Gasteiger partial charge in [0.1, 0.15) is 0 Å². The summed E-state index contributed by atoms with van der Waals surface area (Å²) < 4.78 is 10.5. The average molecular weight is 270 g/mol. The van der Waals surface area contributed by atoms with Crippen LogP contribution in [0.25, 0.3) is 0 Å². The zero-order valence-electron chi connectivity index (χ0n) is 10.1. The second-order valence-electron chi connectivity index (χ2n) is 4.08. The van der Waals surface area contributed by atoms with Crippen LogP contribution in [0.5, 0.6) is 11.5 Å². The molecule has 4 nitrogen and oxygen atoms in total. The predicted molar refractivity (Wildman–Crippen MR) is 69.2 cm³/mol. The van der Waals surface area contributed by atoms with Crippen LogP contribution < -0.4 is 14.8 Å². The van der Waals surface area contributed by atoms with E-state index in [1.54, 1.807) is 0 Å². The van der Waals surface area contributed by atoms with E-state index in [-0.39, 0.29) is 12.7 Å². The molecule has 0 aromatic heterocycles. The van der Waals surface area contributed by atoms with Crippen LogP contribution in [0, 0.1) is 0 Å². The van der Waals surface area contributed by atoms with Gasteiger partial charge in [-0.05, 0) is 30.5 Å². The van der Waals surface area contributed by atoms with Gasteiger partial charge in [0.25, 0.3) is 0 Å². The molecule has 0 spiro atoms. The van der Waals surface area contributed by atoms with Gasteiger partial charge in [-0.3, -0.25) is 4.79 Å². The van der Waals surface area contributed by atoms with Crippen molar-refractivity contribution in [2.24, 2.45) is 0 Å². The first kappa shape index (κ1) is 13.0. The molecule has 0 saturated heterocycles. The maximum atomic E-state index is 11.5. The summed E-state index contributed by atoms with van der Waals surface area (Å²) in [5, 5.41) is 2.83. The number of nitrogens with one attached hydrogen (secondary N) is 1. The summed E-state index contributed by atoms with van der Waals surface area (Å²) in [6.45, 7) is 0.918. The Bertz CT molecular complexity index is 423. The first-order chi connectivity index (χ1) is 8.79. The van der Waals surface area contributed by atoms with Crippen molar-refractivity contribution in [3.05, 3.63) is 23.8 Å². The predicted octanol–water partition coefficient (Wildman–Crippen LogP) is 2.09. The molecular weight excluding hydrogens is 254 g/mol. The molecule has 1 aliphatic heterocycles. The molecule has 0 radical (unpaired) electrons. The Morgan fingerprint density at radius 2 is 2.17 bits per heavy atom. The molecule has 1 N–H and O–H groups in total. The van der Waals surface area contributed by atoms with Gasteiger partial charge in [0, 0.05) is 18.8 Å². The quantitative estimate of drug-likeness (QED) is 0.635. The van der Waals surface area contributed by atoms with Gasteiger partial charge >= 0.3 is 0 Å². The lowest BCUT2D eigenvalue weighted by Gasteiger charge is -2.05. The van der Waals surface area contributed by atoms with E-state index in [2.05, 4.69) is 5.32 Å². The van der Waals surface area contributed by atoms with Gasteiger partial charge in [0.15, 0.2) is 11.5 Å². The summed E-state index contributed by atoms with van der Waals surface area (Å²) in [4.78, 5) is 11.5. The minimum absolute atomic E-state index is 0.0535. The number of rotatable bonds is 6. The van der Waals surface area contributed by atoms with Crippen molar-refractivity contribution in [3.63, 3.8) is 0 Å². The van der Waals surface area contributed by atoms with Crippen LogP contribution in [0.15, 0.2) is 18.2 Å². The molecule has 0 fully saturated rings. The molecule has 1 aromatic carbocycles. The Morgan fingerprint density at radius 1 is 1.33 bits per heavy atom. The number of fused-ring (bicyclic) bond motifs is 1. The lowest BCUT2D eigenvalue weighted by molar-refractivity contribution is -0.121. The van der Waals surface area contributed by atoms with Crippen molar-refractivity contribution >= 4 is 17.5 Å². The number of amides is 1. The number of hydrogen-bond donors (Lipinski definition) is 1. The summed E-state index contributed by atoms with van der Waals surface area (Å²) in [6, 6.07) is 5.76. The van der Waals surface area contributed by atoms with E-state index in [9.17, 15) is 4.79 Å². The van der Waals surface area contributed by atoms with Gasteiger partial charge in [-0.15, -0.1) is 11.6 Å². The van der Waals surface area contributed by atoms with Crippen molar-refractivity contribution < 1.29 is 14.3 Å². The summed E-state index contributed by atoms with van der Waals surface area (Å²) in [5.41, 5.74) is 1.08. The Labute approximate surface area is 111 Å². The minimum atomic E-state index is 0.0535. The largest absolute Gasteiger partial charge is 0.454 e. The van der Waals surface area contributed by atoms with Crippen molar-refractivity contribution in [1.29, 1.82) is 0 Å². The molecule has 1 amide bonds. The molecule has 1 heterocycles. The van der Waals surface area contributed by atoms with Gasteiger partial charge in [0.05, 0.1) is 0 Å². The van der Waals surface area contributed by atoms with E-state index >= 15 is 0 Å². The molecule has 1 aromatic rings. The lowest BCUT2D eigenvalue weighted by Crippen LogP contribution is -2.24. The highest BCUT2D eigenvalue weighted by molar-refractivity contribution is 6.17. The zero-order chi connectivity index (χ0) is 12.8. The maximum absolute atomic E-state index is 11.5. The molecule has 0 atom stereocenters. The molecule has 1 aliphatic rings. The van der Waals surface area contributed by atoms with E-state index in [4.69, 9.17) is 21.1 Å². The van der Waals surface area contributed by atoms with Crippen LogP contribution in [0.1, 0.15) is 18.4 Å². The number of ether oxygens (including phenoxy) is 2. The van der Waals surface area contributed by atoms with Gasteiger partial charge < -0.3 is 14.8 Å². The maximum Gasteiger partial charge on any atom is 0.231 e. The molecule has 98 valence electrons. The Balaban J connectivity index is 1.78. The molecule has 18 heavy (non-hydrogen) atoms. The molecule has 2 rings (SSSR count). The molecule has 0 aliphatic carbocycles. The van der Waals surface area contributed by atoms with Crippen molar-refractivity contribution in [1.82, 2.24) is 5.32 Å². The number of carbonyl (C=O) groups excluding carboxylic acids is 1. The highest BCUT2D eigenvalue weighted by Gasteiger charge is 2.13. The highest BCUT2D eigenvalue weighted by atomic mass is 35.5.